The zero-order chi connectivity index (χ0) is 15.0. The van der Waals surface area contributed by atoms with Crippen LogP contribution >= 0.6 is 0 Å². The Bertz CT molecular complexity index is 308. The Balaban J connectivity index is 2.10. The van der Waals surface area contributed by atoms with Crippen molar-refractivity contribution < 1.29 is 19.0 Å². The Morgan fingerprint density at radius 1 is 1.15 bits per heavy atom. The van der Waals surface area contributed by atoms with Gasteiger partial charge in [0.1, 0.15) is 6.10 Å². The highest BCUT2D eigenvalue weighted by Crippen LogP contribution is 2.20. The van der Waals surface area contributed by atoms with E-state index in [1.807, 2.05) is 13.8 Å². The summed E-state index contributed by atoms with van der Waals surface area (Å²) in [7, 11) is 0. The van der Waals surface area contributed by atoms with Crippen molar-refractivity contribution in [3.63, 3.8) is 0 Å². The fraction of sp³-hybridized carbons (Fsp3) is 0.812. The van der Waals surface area contributed by atoms with Gasteiger partial charge in [-0.2, -0.15) is 0 Å². The van der Waals surface area contributed by atoms with Crippen LogP contribution < -0.4 is 0 Å². The molecule has 4 heteroatoms. The van der Waals surface area contributed by atoms with E-state index in [0.29, 0.717) is 24.9 Å². The summed E-state index contributed by atoms with van der Waals surface area (Å²) in [6.07, 6.45) is 6.35. The molecule has 116 valence electrons. The third-order valence-corrected chi connectivity index (χ3v) is 3.39. The first-order valence-electron chi connectivity index (χ1n) is 7.58. The van der Waals surface area contributed by atoms with Crippen molar-refractivity contribution in [2.24, 2.45) is 0 Å². The summed E-state index contributed by atoms with van der Waals surface area (Å²) in [4.78, 5) is 11.3. The van der Waals surface area contributed by atoms with E-state index in [-0.39, 0.29) is 18.2 Å². The van der Waals surface area contributed by atoms with Crippen LogP contribution in [0.4, 0.5) is 0 Å². The predicted molar refractivity (Wildman–Crippen MR) is 78.6 cm³/mol. The highest BCUT2D eigenvalue weighted by Gasteiger charge is 2.16. The van der Waals surface area contributed by atoms with Crippen molar-refractivity contribution in [1.82, 2.24) is 0 Å². The van der Waals surface area contributed by atoms with Gasteiger partial charge in [0.25, 0.3) is 0 Å². The summed E-state index contributed by atoms with van der Waals surface area (Å²) < 4.78 is 16.6. The zero-order valence-electron chi connectivity index (χ0n) is 13.0. The van der Waals surface area contributed by atoms with Crippen LogP contribution in [-0.4, -0.2) is 37.5 Å². The standard InChI is InChI=1S/C16H28O4/c1-12(2)16(17)20-14(4)11-18-13(3)10-19-15-8-6-5-7-9-15/h13-15H,1,5-11H2,2-4H3. The number of ether oxygens (including phenoxy) is 3. The first-order valence-corrected chi connectivity index (χ1v) is 7.58. The van der Waals surface area contributed by atoms with Crippen molar-refractivity contribution in [2.75, 3.05) is 13.2 Å². The van der Waals surface area contributed by atoms with Crippen molar-refractivity contribution >= 4 is 5.97 Å². The summed E-state index contributed by atoms with van der Waals surface area (Å²) in [5.74, 6) is -0.368. The highest BCUT2D eigenvalue weighted by molar-refractivity contribution is 5.87. The lowest BCUT2D eigenvalue weighted by atomic mass is 9.98. The topological polar surface area (TPSA) is 44.8 Å². The fourth-order valence-corrected chi connectivity index (χ4v) is 2.17. The molecule has 1 aliphatic carbocycles. The first-order chi connectivity index (χ1) is 9.49. The molecule has 0 bridgehead atoms. The number of hydrogen-bond donors (Lipinski definition) is 0. The Hall–Kier alpha value is -0.870. The molecule has 0 N–H and O–H groups in total. The van der Waals surface area contributed by atoms with Gasteiger partial charge in [0.2, 0.25) is 0 Å². The predicted octanol–water partition coefficient (Wildman–Crippen LogP) is 3.25. The summed E-state index contributed by atoms with van der Waals surface area (Å²) in [5.41, 5.74) is 0.408. The van der Waals surface area contributed by atoms with Crippen molar-refractivity contribution in [1.29, 1.82) is 0 Å². The number of carbonyl (C=O) groups is 1. The van der Waals surface area contributed by atoms with E-state index in [9.17, 15) is 4.79 Å². The summed E-state index contributed by atoms with van der Waals surface area (Å²) in [6, 6.07) is 0. The van der Waals surface area contributed by atoms with Crippen molar-refractivity contribution in [3.05, 3.63) is 12.2 Å². The van der Waals surface area contributed by atoms with E-state index in [4.69, 9.17) is 14.2 Å². The molecule has 0 aromatic carbocycles. The van der Waals surface area contributed by atoms with E-state index >= 15 is 0 Å². The molecule has 0 spiro atoms. The van der Waals surface area contributed by atoms with Gasteiger partial charge in [0.15, 0.2) is 0 Å². The molecule has 0 saturated heterocycles. The summed E-state index contributed by atoms with van der Waals surface area (Å²) in [5, 5.41) is 0. The Kier molecular flexibility index (Phi) is 7.85. The third kappa shape index (κ3) is 7.06. The molecule has 2 unspecified atom stereocenters. The second-order valence-electron chi connectivity index (χ2n) is 5.73. The molecule has 20 heavy (non-hydrogen) atoms. The quantitative estimate of drug-likeness (QED) is 0.507. The normalized spacial score (nSPS) is 19.4. The second kappa shape index (κ2) is 9.14. The summed E-state index contributed by atoms with van der Waals surface area (Å²) in [6.45, 7) is 9.97. The molecule has 4 nitrogen and oxygen atoms in total. The Labute approximate surface area is 122 Å². The van der Waals surface area contributed by atoms with Gasteiger partial charge in [-0.15, -0.1) is 0 Å². The van der Waals surface area contributed by atoms with Gasteiger partial charge in [-0.25, -0.2) is 4.79 Å². The van der Waals surface area contributed by atoms with Gasteiger partial charge in [0, 0.05) is 5.57 Å². The zero-order valence-corrected chi connectivity index (χ0v) is 13.0. The molecule has 0 aromatic heterocycles. The van der Waals surface area contributed by atoms with Crippen LogP contribution in [0.25, 0.3) is 0 Å². The van der Waals surface area contributed by atoms with Crippen LogP contribution in [0.2, 0.25) is 0 Å². The third-order valence-electron chi connectivity index (χ3n) is 3.39. The van der Waals surface area contributed by atoms with E-state index < -0.39 is 0 Å². The Morgan fingerprint density at radius 3 is 2.40 bits per heavy atom. The molecule has 1 fully saturated rings. The van der Waals surface area contributed by atoms with E-state index in [1.165, 1.54) is 32.1 Å². The largest absolute Gasteiger partial charge is 0.457 e. The minimum Gasteiger partial charge on any atom is -0.457 e. The van der Waals surface area contributed by atoms with Gasteiger partial charge >= 0.3 is 5.97 Å². The molecule has 1 saturated carbocycles. The lowest BCUT2D eigenvalue weighted by Gasteiger charge is -2.24. The van der Waals surface area contributed by atoms with Gasteiger partial charge < -0.3 is 14.2 Å². The van der Waals surface area contributed by atoms with Gasteiger partial charge in [0.05, 0.1) is 25.4 Å². The minimum absolute atomic E-state index is 0.0166. The average Bonchev–Trinajstić information content (AvgIpc) is 2.43. The van der Waals surface area contributed by atoms with E-state index in [0.717, 1.165) is 0 Å². The van der Waals surface area contributed by atoms with Gasteiger partial charge in [-0.3, -0.25) is 0 Å². The van der Waals surface area contributed by atoms with Crippen molar-refractivity contribution in [2.45, 2.75) is 71.2 Å². The number of carbonyl (C=O) groups excluding carboxylic acids is 1. The molecule has 0 radical (unpaired) electrons. The first kappa shape index (κ1) is 17.2. The molecule has 0 heterocycles. The summed E-state index contributed by atoms with van der Waals surface area (Å²) >= 11 is 0. The molecule has 1 aliphatic rings. The second-order valence-corrected chi connectivity index (χ2v) is 5.73. The van der Waals surface area contributed by atoms with Crippen LogP contribution in [0, 0.1) is 0 Å². The number of hydrogen-bond acceptors (Lipinski definition) is 4. The van der Waals surface area contributed by atoms with Gasteiger partial charge in [-0.05, 0) is 33.6 Å². The van der Waals surface area contributed by atoms with Crippen LogP contribution in [0.5, 0.6) is 0 Å². The molecular weight excluding hydrogens is 256 g/mol. The molecule has 0 amide bonds. The Morgan fingerprint density at radius 2 is 1.80 bits per heavy atom. The van der Waals surface area contributed by atoms with Crippen LogP contribution in [0.15, 0.2) is 12.2 Å². The molecule has 0 aromatic rings. The maximum Gasteiger partial charge on any atom is 0.333 e. The van der Waals surface area contributed by atoms with Crippen molar-refractivity contribution in [3.8, 4) is 0 Å². The smallest absolute Gasteiger partial charge is 0.333 e. The molecule has 1 rings (SSSR count). The lowest BCUT2D eigenvalue weighted by molar-refractivity contribution is -0.148. The lowest BCUT2D eigenvalue weighted by Crippen LogP contribution is -2.27. The van der Waals surface area contributed by atoms with E-state index in [1.54, 1.807) is 6.92 Å². The van der Waals surface area contributed by atoms with Crippen LogP contribution in [0.1, 0.15) is 52.9 Å². The maximum atomic E-state index is 11.3. The number of rotatable bonds is 8. The average molecular weight is 284 g/mol. The monoisotopic (exact) mass is 284 g/mol. The molecule has 2 atom stereocenters. The number of esters is 1. The van der Waals surface area contributed by atoms with Crippen LogP contribution in [0.3, 0.4) is 0 Å². The maximum absolute atomic E-state index is 11.3. The fourth-order valence-electron chi connectivity index (χ4n) is 2.17. The van der Waals surface area contributed by atoms with Gasteiger partial charge in [-0.1, -0.05) is 25.8 Å². The molecular formula is C16H28O4. The SMILES string of the molecule is C=C(C)C(=O)OC(C)COC(C)COC1CCCCC1. The van der Waals surface area contributed by atoms with Crippen LogP contribution in [-0.2, 0) is 19.0 Å². The highest BCUT2D eigenvalue weighted by atomic mass is 16.6. The van der Waals surface area contributed by atoms with E-state index in [2.05, 4.69) is 6.58 Å². The minimum atomic E-state index is -0.368. The molecule has 0 aliphatic heterocycles.